The van der Waals surface area contributed by atoms with Gasteiger partial charge in [0.05, 0.1) is 5.69 Å². The summed E-state index contributed by atoms with van der Waals surface area (Å²) < 4.78 is 2.83. The molecule has 0 radical (unpaired) electrons. The van der Waals surface area contributed by atoms with Crippen LogP contribution in [0, 0.1) is 12.8 Å². The van der Waals surface area contributed by atoms with Gasteiger partial charge in [-0.15, -0.1) is 0 Å². The quantitative estimate of drug-likeness (QED) is 0.930. The molecule has 0 amide bonds. The Morgan fingerprint density at radius 1 is 1.37 bits per heavy atom. The molecule has 0 unspecified atom stereocenters. The molecule has 0 bridgehead atoms. The second kappa shape index (κ2) is 5.37. The number of nitrogens with zero attached hydrogens (tertiary/aromatic N) is 2. The number of halogens is 1. The number of nitrogens with two attached hydrogens (primary N) is 1. The van der Waals surface area contributed by atoms with E-state index in [4.69, 9.17) is 5.73 Å². The fraction of sp³-hybridized carbons (Fsp3) is 0.400. The van der Waals surface area contributed by atoms with Crippen LogP contribution in [0.4, 0.5) is 5.82 Å². The zero-order valence-corrected chi connectivity index (χ0v) is 13.5. The molecule has 1 aromatic carbocycles. The number of nitrogen functional groups attached to an aromatic ring is 1. The summed E-state index contributed by atoms with van der Waals surface area (Å²) in [6.45, 7) is 6.50. The highest BCUT2D eigenvalue weighted by atomic mass is 79.9. The van der Waals surface area contributed by atoms with Crippen LogP contribution < -0.4 is 5.73 Å². The molecular formula is C15H20BrN3. The average Bonchev–Trinajstić information content (AvgIpc) is 2.60. The van der Waals surface area contributed by atoms with Crippen molar-refractivity contribution >= 4 is 21.7 Å². The van der Waals surface area contributed by atoms with Crippen LogP contribution in [-0.4, -0.2) is 9.78 Å². The largest absolute Gasteiger partial charge is 0.384 e. The van der Waals surface area contributed by atoms with E-state index in [1.165, 1.54) is 5.56 Å². The van der Waals surface area contributed by atoms with E-state index in [1.54, 1.807) is 4.68 Å². The molecule has 1 aromatic heterocycles. The van der Waals surface area contributed by atoms with Crippen LogP contribution in [0.1, 0.15) is 25.0 Å². The highest BCUT2D eigenvalue weighted by molar-refractivity contribution is 9.10. The topological polar surface area (TPSA) is 43.8 Å². The summed E-state index contributed by atoms with van der Waals surface area (Å²) in [6, 6.07) is 6.26. The maximum Gasteiger partial charge on any atom is 0.125 e. The van der Waals surface area contributed by atoms with Gasteiger partial charge in [-0.1, -0.05) is 35.8 Å². The second-order valence-corrected chi connectivity index (χ2v) is 6.31. The van der Waals surface area contributed by atoms with Gasteiger partial charge < -0.3 is 5.73 Å². The number of aromatic nitrogens is 2. The molecule has 19 heavy (non-hydrogen) atoms. The monoisotopic (exact) mass is 321 g/mol. The van der Waals surface area contributed by atoms with Gasteiger partial charge in [-0.2, -0.15) is 5.10 Å². The zero-order chi connectivity index (χ0) is 14.2. The van der Waals surface area contributed by atoms with Crippen molar-refractivity contribution < 1.29 is 0 Å². The maximum atomic E-state index is 6.17. The van der Waals surface area contributed by atoms with Crippen LogP contribution in [0.5, 0.6) is 0 Å². The lowest BCUT2D eigenvalue weighted by atomic mass is 9.97. The van der Waals surface area contributed by atoms with E-state index in [1.807, 2.05) is 13.1 Å². The van der Waals surface area contributed by atoms with E-state index >= 15 is 0 Å². The van der Waals surface area contributed by atoms with Gasteiger partial charge in [-0.25, -0.2) is 0 Å². The molecule has 3 nitrogen and oxygen atoms in total. The SMILES string of the molecule is Cc1ccc(Br)cc1-c1nn(C)c(N)c1CC(C)C. The number of benzene rings is 1. The van der Waals surface area contributed by atoms with Crippen LogP contribution in [0.15, 0.2) is 22.7 Å². The molecule has 0 aliphatic rings. The molecular weight excluding hydrogens is 302 g/mol. The zero-order valence-electron chi connectivity index (χ0n) is 11.9. The van der Waals surface area contributed by atoms with Gasteiger partial charge in [-0.3, -0.25) is 4.68 Å². The predicted octanol–water partition coefficient (Wildman–Crippen LogP) is 3.94. The minimum atomic E-state index is 0.553. The Morgan fingerprint density at radius 3 is 2.68 bits per heavy atom. The van der Waals surface area contributed by atoms with Crippen molar-refractivity contribution in [2.24, 2.45) is 13.0 Å². The van der Waals surface area contributed by atoms with Crippen molar-refractivity contribution in [3.05, 3.63) is 33.8 Å². The molecule has 2 aromatic rings. The fourth-order valence-electron chi connectivity index (χ4n) is 2.26. The molecule has 0 saturated carbocycles. The number of anilines is 1. The Kier molecular flexibility index (Phi) is 3.99. The summed E-state index contributed by atoms with van der Waals surface area (Å²) in [4.78, 5) is 0. The third-order valence-corrected chi connectivity index (χ3v) is 3.75. The van der Waals surface area contributed by atoms with Crippen molar-refractivity contribution in [3.8, 4) is 11.3 Å². The first-order valence-corrected chi connectivity index (χ1v) is 7.27. The van der Waals surface area contributed by atoms with Crippen LogP contribution >= 0.6 is 15.9 Å². The minimum Gasteiger partial charge on any atom is -0.384 e. The smallest absolute Gasteiger partial charge is 0.125 e. The number of hydrogen-bond donors (Lipinski definition) is 1. The van der Waals surface area contributed by atoms with Crippen molar-refractivity contribution in [2.75, 3.05) is 5.73 Å². The maximum absolute atomic E-state index is 6.17. The lowest BCUT2D eigenvalue weighted by Gasteiger charge is -2.09. The molecule has 102 valence electrons. The third-order valence-electron chi connectivity index (χ3n) is 3.26. The Bertz CT molecular complexity index is 600. The molecule has 0 saturated heterocycles. The summed E-state index contributed by atoms with van der Waals surface area (Å²) in [5.74, 6) is 1.32. The number of hydrogen-bond acceptors (Lipinski definition) is 2. The molecule has 0 spiro atoms. The Balaban J connectivity index is 2.61. The summed E-state index contributed by atoms with van der Waals surface area (Å²) in [7, 11) is 1.90. The van der Waals surface area contributed by atoms with E-state index in [0.717, 1.165) is 33.5 Å². The van der Waals surface area contributed by atoms with Gasteiger partial charge in [0.2, 0.25) is 0 Å². The van der Waals surface area contributed by atoms with E-state index < -0.39 is 0 Å². The van der Waals surface area contributed by atoms with Gasteiger partial charge in [0.25, 0.3) is 0 Å². The van der Waals surface area contributed by atoms with E-state index in [2.05, 4.69) is 53.9 Å². The van der Waals surface area contributed by atoms with E-state index in [9.17, 15) is 0 Å². The summed E-state index contributed by atoms with van der Waals surface area (Å²) >= 11 is 3.53. The van der Waals surface area contributed by atoms with Crippen LogP contribution in [0.3, 0.4) is 0 Å². The first-order valence-electron chi connectivity index (χ1n) is 6.48. The van der Waals surface area contributed by atoms with Gasteiger partial charge in [-0.05, 0) is 37.0 Å². The van der Waals surface area contributed by atoms with Crippen LogP contribution in [0.25, 0.3) is 11.3 Å². The Morgan fingerprint density at radius 2 is 2.05 bits per heavy atom. The van der Waals surface area contributed by atoms with E-state index in [-0.39, 0.29) is 0 Å². The molecule has 4 heteroatoms. The van der Waals surface area contributed by atoms with Crippen LogP contribution in [0.2, 0.25) is 0 Å². The lowest BCUT2D eigenvalue weighted by Crippen LogP contribution is -2.02. The average molecular weight is 322 g/mol. The molecule has 0 aliphatic carbocycles. The predicted molar refractivity (Wildman–Crippen MR) is 84.0 cm³/mol. The highest BCUT2D eigenvalue weighted by Gasteiger charge is 2.18. The number of aryl methyl sites for hydroxylation is 2. The normalized spacial score (nSPS) is 11.3. The van der Waals surface area contributed by atoms with Crippen LogP contribution in [-0.2, 0) is 13.5 Å². The lowest BCUT2D eigenvalue weighted by molar-refractivity contribution is 0.648. The van der Waals surface area contributed by atoms with Gasteiger partial charge >= 0.3 is 0 Å². The Labute approximate surface area is 122 Å². The second-order valence-electron chi connectivity index (χ2n) is 5.39. The number of rotatable bonds is 3. The molecule has 2 rings (SSSR count). The highest BCUT2D eigenvalue weighted by Crippen LogP contribution is 2.32. The summed E-state index contributed by atoms with van der Waals surface area (Å²) in [5, 5.41) is 4.61. The molecule has 0 atom stereocenters. The van der Waals surface area contributed by atoms with Crippen molar-refractivity contribution in [3.63, 3.8) is 0 Å². The molecule has 0 aliphatic heterocycles. The van der Waals surface area contributed by atoms with Gasteiger partial charge in [0.15, 0.2) is 0 Å². The summed E-state index contributed by atoms with van der Waals surface area (Å²) in [6.07, 6.45) is 0.945. The van der Waals surface area contributed by atoms with Gasteiger partial charge in [0, 0.05) is 22.6 Å². The first kappa shape index (κ1) is 14.1. The van der Waals surface area contributed by atoms with Gasteiger partial charge in [0.1, 0.15) is 5.82 Å². The third kappa shape index (κ3) is 2.84. The first-order chi connectivity index (χ1) is 8.90. The molecule has 0 fully saturated rings. The molecule has 1 heterocycles. The standard InChI is InChI=1S/C15H20BrN3/c1-9(2)7-13-14(18-19(4)15(13)17)12-8-11(16)6-5-10(12)3/h5-6,8-9H,7,17H2,1-4H3. The van der Waals surface area contributed by atoms with Crippen molar-refractivity contribution in [2.45, 2.75) is 27.2 Å². The fourth-order valence-corrected chi connectivity index (χ4v) is 2.62. The van der Waals surface area contributed by atoms with E-state index in [0.29, 0.717) is 5.92 Å². The Hall–Kier alpha value is -1.29. The summed E-state index contributed by atoms with van der Waals surface area (Å²) in [5.41, 5.74) is 10.7. The van der Waals surface area contributed by atoms with Crippen molar-refractivity contribution in [1.82, 2.24) is 9.78 Å². The molecule has 2 N–H and O–H groups in total. The minimum absolute atomic E-state index is 0.553. The van der Waals surface area contributed by atoms with Crippen molar-refractivity contribution in [1.29, 1.82) is 0 Å².